The number of benzene rings is 3. The molecular formula is C22H19O2PS. The molecule has 0 bridgehead atoms. The number of carbonyl (C=O) groups excluding carboxylic acids is 1. The van der Waals surface area contributed by atoms with Gasteiger partial charge in [0.05, 0.1) is 6.61 Å². The van der Waals surface area contributed by atoms with Crippen LogP contribution in [0.5, 0.6) is 0 Å². The molecule has 0 N–H and O–H groups in total. The molecule has 1 aliphatic heterocycles. The SMILES string of the molecule is CCOC(=O)C=P1(c2ccccc2)c2ccccc2Sc2ccccc21. The Bertz CT molecular complexity index is 962. The average Bonchev–Trinajstić information content (AvgIpc) is 2.68. The van der Waals surface area contributed by atoms with Gasteiger partial charge in [-0.3, -0.25) is 0 Å². The van der Waals surface area contributed by atoms with Crippen LogP contribution in [-0.4, -0.2) is 18.4 Å². The zero-order chi connectivity index (χ0) is 18.0. The highest BCUT2D eigenvalue weighted by Crippen LogP contribution is 2.52. The molecule has 3 aromatic carbocycles. The molecule has 0 spiro atoms. The van der Waals surface area contributed by atoms with Gasteiger partial charge in [0.15, 0.2) is 0 Å². The second-order valence-corrected chi connectivity index (χ2v) is 10.2. The summed E-state index contributed by atoms with van der Waals surface area (Å²) in [6.07, 6.45) is 0. The molecule has 1 aliphatic rings. The van der Waals surface area contributed by atoms with Crippen LogP contribution in [-0.2, 0) is 9.53 Å². The topological polar surface area (TPSA) is 26.3 Å². The van der Waals surface area contributed by atoms with Crippen LogP contribution in [0.25, 0.3) is 0 Å². The number of hydrogen-bond acceptors (Lipinski definition) is 3. The van der Waals surface area contributed by atoms with Crippen molar-refractivity contribution >= 4 is 46.3 Å². The van der Waals surface area contributed by atoms with Gasteiger partial charge in [-0.05, 0) is 41.9 Å². The molecule has 4 heteroatoms. The Labute approximate surface area is 158 Å². The van der Waals surface area contributed by atoms with E-state index in [-0.39, 0.29) is 5.97 Å². The Morgan fingerprint density at radius 1 is 0.885 bits per heavy atom. The summed E-state index contributed by atoms with van der Waals surface area (Å²) in [7, 11) is 0. The van der Waals surface area contributed by atoms with E-state index in [9.17, 15) is 4.79 Å². The lowest BCUT2D eigenvalue weighted by molar-refractivity contribution is -0.134. The van der Waals surface area contributed by atoms with Gasteiger partial charge in [0.1, 0.15) is 0 Å². The smallest absolute Gasteiger partial charge is 0.331 e. The Kier molecular flexibility index (Phi) is 4.76. The van der Waals surface area contributed by atoms with E-state index in [1.165, 1.54) is 25.7 Å². The van der Waals surface area contributed by atoms with Crippen LogP contribution in [0.15, 0.2) is 88.7 Å². The summed E-state index contributed by atoms with van der Waals surface area (Å²) in [4.78, 5) is 15.1. The third-order valence-corrected chi connectivity index (χ3v) is 9.92. The molecule has 0 saturated carbocycles. The van der Waals surface area contributed by atoms with Crippen molar-refractivity contribution in [3.05, 3.63) is 78.9 Å². The minimum Gasteiger partial charge on any atom is -0.463 e. The van der Waals surface area contributed by atoms with E-state index in [0.29, 0.717) is 6.61 Å². The predicted molar refractivity (Wildman–Crippen MR) is 112 cm³/mol. The maximum Gasteiger partial charge on any atom is 0.331 e. The summed E-state index contributed by atoms with van der Waals surface area (Å²) in [5.41, 5.74) is 0. The van der Waals surface area contributed by atoms with Gasteiger partial charge in [0.2, 0.25) is 0 Å². The number of hydrogen-bond donors (Lipinski definition) is 0. The molecular weight excluding hydrogens is 359 g/mol. The highest BCUT2D eigenvalue weighted by atomic mass is 32.2. The zero-order valence-electron chi connectivity index (χ0n) is 14.5. The highest BCUT2D eigenvalue weighted by Gasteiger charge is 2.34. The quantitative estimate of drug-likeness (QED) is 0.401. The fraction of sp³-hybridized carbons (Fsp3) is 0.0909. The van der Waals surface area contributed by atoms with Gasteiger partial charge in [-0.25, -0.2) is 4.79 Å². The lowest BCUT2D eigenvalue weighted by atomic mass is 10.3. The molecule has 4 rings (SSSR count). The number of rotatable bonds is 3. The predicted octanol–water partition coefficient (Wildman–Crippen LogP) is 3.81. The summed E-state index contributed by atoms with van der Waals surface area (Å²) in [5.74, 6) is 1.60. The molecule has 0 saturated heterocycles. The van der Waals surface area contributed by atoms with Crippen molar-refractivity contribution in [2.24, 2.45) is 0 Å². The summed E-state index contributed by atoms with van der Waals surface area (Å²) in [5, 5.41) is 3.62. The summed E-state index contributed by atoms with van der Waals surface area (Å²) in [6.45, 7) is -0.00641. The molecule has 26 heavy (non-hydrogen) atoms. The van der Waals surface area contributed by atoms with Crippen LogP contribution in [0.1, 0.15) is 6.92 Å². The molecule has 0 atom stereocenters. The normalized spacial score (nSPS) is 14.0. The molecule has 1 heterocycles. The van der Waals surface area contributed by atoms with Crippen molar-refractivity contribution in [1.29, 1.82) is 0 Å². The van der Waals surface area contributed by atoms with Crippen LogP contribution in [0.3, 0.4) is 0 Å². The minimum absolute atomic E-state index is 0.249. The van der Waals surface area contributed by atoms with Crippen molar-refractivity contribution in [2.45, 2.75) is 16.7 Å². The summed E-state index contributed by atoms with van der Waals surface area (Å²) in [6, 6.07) is 27.2. The van der Waals surface area contributed by atoms with Crippen LogP contribution >= 0.6 is 18.6 Å². The van der Waals surface area contributed by atoms with Gasteiger partial charge in [0.25, 0.3) is 0 Å². The van der Waals surface area contributed by atoms with E-state index in [4.69, 9.17) is 4.74 Å². The molecule has 3 aromatic rings. The third kappa shape index (κ3) is 2.82. The van der Waals surface area contributed by atoms with Gasteiger partial charge in [-0.1, -0.05) is 78.5 Å². The van der Waals surface area contributed by atoms with Crippen molar-refractivity contribution in [1.82, 2.24) is 0 Å². The van der Waals surface area contributed by atoms with Crippen molar-refractivity contribution < 1.29 is 9.53 Å². The largest absolute Gasteiger partial charge is 0.463 e. The van der Waals surface area contributed by atoms with E-state index in [1.54, 1.807) is 11.8 Å². The first-order valence-electron chi connectivity index (χ1n) is 8.60. The van der Waals surface area contributed by atoms with Crippen LogP contribution in [0.2, 0.25) is 0 Å². The fourth-order valence-corrected chi connectivity index (χ4v) is 9.19. The zero-order valence-corrected chi connectivity index (χ0v) is 16.2. The number of ether oxygens (including phenoxy) is 1. The molecule has 0 aromatic heterocycles. The molecule has 2 nitrogen and oxygen atoms in total. The molecule has 0 fully saturated rings. The fourth-order valence-electron chi connectivity index (χ4n) is 3.41. The first-order valence-corrected chi connectivity index (χ1v) is 11.3. The number of esters is 1. The van der Waals surface area contributed by atoms with Crippen molar-refractivity contribution in [2.75, 3.05) is 6.61 Å². The Morgan fingerprint density at radius 3 is 2.00 bits per heavy atom. The van der Waals surface area contributed by atoms with Gasteiger partial charge >= 0.3 is 5.97 Å². The summed E-state index contributed by atoms with van der Waals surface area (Å²) >= 11 is 1.78. The first kappa shape index (κ1) is 17.2. The Morgan fingerprint density at radius 2 is 1.42 bits per heavy atom. The molecule has 0 unspecified atom stereocenters. The monoisotopic (exact) mass is 378 g/mol. The second kappa shape index (κ2) is 7.19. The van der Waals surface area contributed by atoms with Crippen LogP contribution < -0.4 is 15.9 Å². The molecule has 0 amide bonds. The number of fused-ring (bicyclic) bond motifs is 2. The maximum absolute atomic E-state index is 12.7. The van der Waals surface area contributed by atoms with E-state index in [2.05, 4.69) is 60.7 Å². The van der Waals surface area contributed by atoms with Gasteiger partial charge in [-0.15, -0.1) is 0 Å². The number of carbonyl (C=O) groups is 1. The standard InChI is InChI=1S/C22H19O2PS/c1-2-24-22(23)16-25(17-10-4-3-5-11-17)18-12-6-8-14-20(18)26-21-15-9-7-13-19(21)25/h3-16H,2H2,1H3. The Balaban J connectivity index is 2.13. The lowest BCUT2D eigenvalue weighted by Crippen LogP contribution is -2.33. The van der Waals surface area contributed by atoms with Crippen molar-refractivity contribution in [3.63, 3.8) is 0 Å². The van der Waals surface area contributed by atoms with E-state index in [1.807, 2.05) is 30.9 Å². The van der Waals surface area contributed by atoms with Gasteiger partial charge in [-0.2, -0.15) is 0 Å². The lowest BCUT2D eigenvalue weighted by Gasteiger charge is -2.34. The first-order chi connectivity index (χ1) is 12.8. The average molecular weight is 378 g/mol. The maximum atomic E-state index is 12.7. The van der Waals surface area contributed by atoms with E-state index >= 15 is 0 Å². The minimum atomic E-state index is -2.23. The third-order valence-electron chi connectivity index (χ3n) is 4.46. The summed E-state index contributed by atoms with van der Waals surface area (Å²) < 4.78 is 5.35. The molecule has 0 radical (unpaired) electrons. The highest BCUT2D eigenvalue weighted by molar-refractivity contribution is 8.05. The molecule has 0 aliphatic carbocycles. The van der Waals surface area contributed by atoms with Crippen LogP contribution in [0.4, 0.5) is 0 Å². The molecule has 130 valence electrons. The van der Waals surface area contributed by atoms with Gasteiger partial charge in [0, 0.05) is 15.6 Å². The second-order valence-electron chi connectivity index (χ2n) is 5.98. The van der Waals surface area contributed by atoms with Crippen LogP contribution in [0, 0.1) is 0 Å². The van der Waals surface area contributed by atoms with E-state index in [0.717, 1.165) is 0 Å². The van der Waals surface area contributed by atoms with E-state index < -0.39 is 6.89 Å². The Hall–Kier alpha value is -2.22. The van der Waals surface area contributed by atoms with Crippen molar-refractivity contribution in [3.8, 4) is 0 Å². The van der Waals surface area contributed by atoms with Gasteiger partial charge < -0.3 is 4.74 Å².